The molecule has 74 valence electrons. The van der Waals surface area contributed by atoms with Crippen molar-refractivity contribution in [3.05, 3.63) is 0 Å². The van der Waals surface area contributed by atoms with E-state index in [4.69, 9.17) is 15.5 Å². The van der Waals surface area contributed by atoms with Crippen LogP contribution in [0.3, 0.4) is 0 Å². The largest absolute Gasteiger partial charge is 0.329 e. The van der Waals surface area contributed by atoms with Crippen LogP contribution in [0.1, 0.15) is 13.3 Å². The van der Waals surface area contributed by atoms with Crippen LogP contribution in [0.2, 0.25) is 0 Å². The van der Waals surface area contributed by atoms with Crippen molar-refractivity contribution >= 4 is 7.60 Å². The molecule has 0 saturated carbocycles. The standard InChI is InChI=1S/C6H17N2O3P/c1-6(8-4-3-7)2-5-12(9,10)11/h6,8H,2-5,7H2,1H3,(H2,9,10,11). The Hall–Kier alpha value is 0.0700. The van der Waals surface area contributed by atoms with Gasteiger partial charge in [-0.05, 0) is 13.3 Å². The van der Waals surface area contributed by atoms with E-state index in [1.807, 2.05) is 6.92 Å². The first-order valence-electron chi connectivity index (χ1n) is 3.93. The van der Waals surface area contributed by atoms with Crippen LogP contribution < -0.4 is 11.1 Å². The van der Waals surface area contributed by atoms with Crippen molar-refractivity contribution in [2.75, 3.05) is 19.3 Å². The monoisotopic (exact) mass is 196 g/mol. The third-order valence-electron chi connectivity index (χ3n) is 1.49. The van der Waals surface area contributed by atoms with Crippen LogP contribution in [-0.4, -0.2) is 35.1 Å². The molecule has 6 heteroatoms. The van der Waals surface area contributed by atoms with E-state index in [1.165, 1.54) is 0 Å². The zero-order valence-electron chi connectivity index (χ0n) is 7.23. The minimum atomic E-state index is -3.82. The molecule has 5 N–H and O–H groups in total. The highest BCUT2D eigenvalue weighted by Crippen LogP contribution is 2.35. The van der Waals surface area contributed by atoms with Gasteiger partial charge in [0.25, 0.3) is 0 Å². The van der Waals surface area contributed by atoms with Gasteiger partial charge in [-0.1, -0.05) is 0 Å². The topological polar surface area (TPSA) is 95.6 Å². The third-order valence-corrected chi connectivity index (χ3v) is 2.33. The molecule has 5 nitrogen and oxygen atoms in total. The quantitative estimate of drug-likeness (QED) is 0.429. The highest BCUT2D eigenvalue weighted by molar-refractivity contribution is 7.51. The first kappa shape index (κ1) is 12.1. The fourth-order valence-electron chi connectivity index (χ4n) is 0.794. The van der Waals surface area contributed by atoms with Crippen LogP contribution in [-0.2, 0) is 4.57 Å². The van der Waals surface area contributed by atoms with Crippen LogP contribution >= 0.6 is 7.60 Å². The molecule has 1 unspecified atom stereocenters. The Morgan fingerprint density at radius 2 is 2.17 bits per heavy atom. The molecule has 0 aromatic heterocycles. The maximum Gasteiger partial charge on any atom is 0.325 e. The number of hydrogen-bond donors (Lipinski definition) is 4. The highest BCUT2D eigenvalue weighted by Gasteiger charge is 2.14. The fraction of sp³-hybridized carbons (Fsp3) is 1.00. The Morgan fingerprint density at radius 1 is 1.58 bits per heavy atom. The molecule has 0 heterocycles. The van der Waals surface area contributed by atoms with Crippen molar-refractivity contribution < 1.29 is 14.4 Å². The van der Waals surface area contributed by atoms with Crippen molar-refractivity contribution in [3.8, 4) is 0 Å². The Balaban J connectivity index is 3.44. The van der Waals surface area contributed by atoms with E-state index >= 15 is 0 Å². The average Bonchev–Trinajstić information content (AvgIpc) is 1.95. The molecule has 0 aromatic rings. The number of hydrogen-bond acceptors (Lipinski definition) is 3. The van der Waals surface area contributed by atoms with Gasteiger partial charge in [0, 0.05) is 19.1 Å². The molecular formula is C6H17N2O3P. The zero-order chi connectivity index (χ0) is 9.61. The van der Waals surface area contributed by atoms with E-state index in [2.05, 4.69) is 5.32 Å². The number of nitrogens with one attached hydrogen (secondary N) is 1. The van der Waals surface area contributed by atoms with Crippen LogP contribution in [0.25, 0.3) is 0 Å². The summed E-state index contributed by atoms with van der Waals surface area (Å²) in [5, 5.41) is 3.04. The zero-order valence-corrected chi connectivity index (χ0v) is 8.13. The first-order chi connectivity index (χ1) is 5.45. The summed E-state index contributed by atoms with van der Waals surface area (Å²) in [6.07, 6.45) is 0.413. The van der Waals surface area contributed by atoms with Gasteiger partial charge in [-0.3, -0.25) is 4.57 Å². The summed E-state index contributed by atoms with van der Waals surface area (Å²) in [4.78, 5) is 17.1. The predicted octanol–water partition coefficient (Wildman–Crippen LogP) is -0.509. The molecule has 0 radical (unpaired) electrons. The second kappa shape index (κ2) is 5.67. The minimum Gasteiger partial charge on any atom is -0.329 e. The van der Waals surface area contributed by atoms with Crippen molar-refractivity contribution in [2.24, 2.45) is 5.73 Å². The summed E-state index contributed by atoms with van der Waals surface area (Å²) in [5.41, 5.74) is 5.24. The molecule has 12 heavy (non-hydrogen) atoms. The molecule has 0 fully saturated rings. The Morgan fingerprint density at radius 3 is 2.58 bits per heavy atom. The van der Waals surface area contributed by atoms with E-state index in [9.17, 15) is 4.57 Å². The Labute approximate surface area is 72.5 Å². The van der Waals surface area contributed by atoms with Crippen molar-refractivity contribution in [2.45, 2.75) is 19.4 Å². The molecule has 0 saturated heterocycles. The lowest BCUT2D eigenvalue weighted by Crippen LogP contribution is -2.31. The lowest BCUT2D eigenvalue weighted by atomic mass is 10.2. The van der Waals surface area contributed by atoms with Crippen LogP contribution in [0.5, 0.6) is 0 Å². The molecule has 0 rings (SSSR count). The van der Waals surface area contributed by atoms with Gasteiger partial charge in [0.05, 0.1) is 6.16 Å². The first-order valence-corrected chi connectivity index (χ1v) is 5.73. The van der Waals surface area contributed by atoms with Crippen LogP contribution in [0, 0.1) is 0 Å². The molecular weight excluding hydrogens is 179 g/mol. The third kappa shape index (κ3) is 8.17. The summed E-state index contributed by atoms with van der Waals surface area (Å²) >= 11 is 0. The summed E-state index contributed by atoms with van der Waals surface area (Å²) in [5.74, 6) is 0. The van der Waals surface area contributed by atoms with Gasteiger partial charge >= 0.3 is 7.60 Å². The van der Waals surface area contributed by atoms with E-state index in [1.54, 1.807) is 0 Å². The predicted molar refractivity (Wildman–Crippen MR) is 48.0 cm³/mol. The summed E-state index contributed by atoms with van der Waals surface area (Å²) < 4.78 is 10.5. The highest BCUT2D eigenvalue weighted by atomic mass is 31.2. The average molecular weight is 196 g/mol. The van der Waals surface area contributed by atoms with E-state index in [0.717, 1.165) is 0 Å². The van der Waals surface area contributed by atoms with Crippen molar-refractivity contribution in [1.29, 1.82) is 0 Å². The van der Waals surface area contributed by atoms with Gasteiger partial charge < -0.3 is 20.8 Å². The molecule has 0 aromatic carbocycles. The van der Waals surface area contributed by atoms with Gasteiger partial charge in [0.2, 0.25) is 0 Å². The SMILES string of the molecule is CC(CCP(=O)(O)O)NCCN. The molecule has 0 aliphatic rings. The Kier molecular flexibility index (Phi) is 5.70. The van der Waals surface area contributed by atoms with Crippen LogP contribution in [0.4, 0.5) is 0 Å². The maximum atomic E-state index is 10.5. The minimum absolute atomic E-state index is 0.0638. The van der Waals surface area contributed by atoms with Gasteiger partial charge in [0.1, 0.15) is 0 Å². The molecule has 0 amide bonds. The van der Waals surface area contributed by atoms with E-state index in [-0.39, 0.29) is 12.2 Å². The van der Waals surface area contributed by atoms with Crippen molar-refractivity contribution in [3.63, 3.8) is 0 Å². The number of rotatable bonds is 6. The van der Waals surface area contributed by atoms with Crippen LogP contribution in [0.15, 0.2) is 0 Å². The van der Waals surface area contributed by atoms with Gasteiger partial charge in [-0.15, -0.1) is 0 Å². The normalized spacial score (nSPS) is 14.7. The number of nitrogens with two attached hydrogens (primary N) is 1. The second-order valence-electron chi connectivity index (χ2n) is 2.82. The van der Waals surface area contributed by atoms with E-state index < -0.39 is 7.60 Å². The molecule has 0 spiro atoms. The van der Waals surface area contributed by atoms with Gasteiger partial charge in [-0.2, -0.15) is 0 Å². The smallest absolute Gasteiger partial charge is 0.325 e. The summed E-state index contributed by atoms with van der Waals surface area (Å²) in [7, 11) is -3.82. The molecule has 1 atom stereocenters. The maximum absolute atomic E-state index is 10.5. The van der Waals surface area contributed by atoms with Gasteiger partial charge in [-0.25, -0.2) is 0 Å². The summed E-state index contributed by atoms with van der Waals surface area (Å²) in [6.45, 7) is 3.11. The Bertz CT molecular complexity index is 159. The molecule has 0 aliphatic carbocycles. The second-order valence-corrected chi connectivity index (χ2v) is 4.60. The van der Waals surface area contributed by atoms with Crippen molar-refractivity contribution in [1.82, 2.24) is 5.32 Å². The molecule has 0 aliphatic heterocycles. The lowest BCUT2D eigenvalue weighted by Gasteiger charge is -2.12. The lowest BCUT2D eigenvalue weighted by molar-refractivity contribution is 0.367. The fourth-order valence-corrected chi connectivity index (χ4v) is 1.52. The van der Waals surface area contributed by atoms with Gasteiger partial charge in [0.15, 0.2) is 0 Å². The van der Waals surface area contributed by atoms with E-state index in [0.29, 0.717) is 19.5 Å². The summed E-state index contributed by atoms with van der Waals surface area (Å²) in [6, 6.07) is 0.112. The molecule has 0 bridgehead atoms.